The highest BCUT2D eigenvalue weighted by Gasteiger charge is 2.20. The topological polar surface area (TPSA) is 102 Å². The summed E-state index contributed by atoms with van der Waals surface area (Å²) in [6.07, 6.45) is -0.0138. The Morgan fingerprint density at radius 3 is 2.32 bits per heavy atom. The van der Waals surface area contributed by atoms with Gasteiger partial charge in [0, 0.05) is 12.1 Å². The number of carbonyl (C=O) groups excluding carboxylic acids is 1. The van der Waals surface area contributed by atoms with E-state index in [0.29, 0.717) is 11.1 Å². The highest BCUT2D eigenvalue weighted by molar-refractivity contribution is 7.86. The molecule has 0 fully saturated rings. The molecule has 0 aromatic heterocycles. The van der Waals surface area contributed by atoms with Gasteiger partial charge in [0.15, 0.2) is 11.5 Å². The average molecular weight is 407 g/mol. The van der Waals surface area contributed by atoms with E-state index in [1.165, 1.54) is 12.1 Å². The van der Waals surface area contributed by atoms with Crippen LogP contribution in [0.25, 0.3) is 0 Å². The standard InChI is InChI=1S/C20H25NO6S/c1-20(2,3)21-13-16(22)15-10-11-17(18(12-15)27-28(4,24)25)26-19(23)14-8-6-5-7-9-14/h5-12,16,21-22H,13H2,1-4H3. The van der Waals surface area contributed by atoms with E-state index in [2.05, 4.69) is 5.32 Å². The van der Waals surface area contributed by atoms with Crippen molar-refractivity contribution in [2.45, 2.75) is 32.4 Å². The van der Waals surface area contributed by atoms with Crippen molar-refractivity contribution in [3.8, 4) is 11.5 Å². The van der Waals surface area contributed by atoms with Crippen molar-refractivity contribution in [2.75, 3.05) is 12.8 Å². The normalized spacial score (nSPS) is 13.0. The van der Waals surface area contributed by atoms with Crippen molar-refractivity contribution < 1.29 is 27.2 Å². The molecule has 1 unspecified atom stereocenters. The Hall–Kier alpha value is -2.42. The predicted molar refractivity (Wildman–Crippen MR) is 106 cm³/mol. The van der Waals surface area contributed by atoms with Gasteiger partial charge in [-0.3, -0.25) is 0 Å². The number of hydrogen-bond acceptors (Lipinski definition) is 7. The van der Waals surface area contributed by atoms with Crippen molar-refractivity contribution in [1.82, 2.24) is 5.32 Å². The molecular formula is C20H25NO6S. The van der Waals surface area contributed by atoms with Crippen LogP contribution in [0.3, 0.4) is 0 Å². The molecule has 2 N–H and O–H groups in total. The summed E-state index contributed by atoms with van der Waals surface area (Å²) >= 11 is 0. The average Bonchev–Trinajstić information content (AvgIpc) is 2.60. The third-order valence-corrected chi connectivity index (χ3v) is 4.11. The van der Waals surface area contributed by atoms with E-state index in [1.54, 1.807) is 36.4 Å². The van der Waals surface area contributed by atoms with Crippen LogP contribution in [0.4, 0.5) is 0 Å². The first-order valence-electron chi connectivity index (χ1n) is 8.68. The molecule has 1 atom stereocenters. The second-order valence-corrected chi connectivity index (χ2v) is 8.97. The van der Waals surface area contributed by atoms with Gasteiger partial charge in [0.2, 0.25) is 0 Å². The maximum atomic E-state index is 12.3. The van der Waals surface area contributed by atoms with E-state index in [9.17, 15) is 18.3 Å². The molecule has 0 heterocycles. The van der Waals surface area contributed by atoms with Gasteiger partial charge in [0.1, 0.15) is 0 Å². The van der Waals surface area contributed by atoms with Crippen LogP contribution < -0.4 is 14.2 Å². The maximum Gasteiger partial charge on any atom is 0.343 e. The smallest absolute Gasteiger partial charge is 0.343 e. The highest BCUT2D eigenvalue weighted by atomic mass is 32.2. The number of carbonyl (C=O) groups is 1. The van der Waals surface area contributed by atoms with Gasteiger partial charge in [-0.15, -0.1) is 0 Å². The summed E-state index contributed by atoms with van der Waals surface area (Å²) < 4.78 is 33.5. The summed E-state index contributed by atoms with van der Waals surface area (Å²) in [5.74, 6) is -0.875. The first-order valence-corrected chi connectivity index (χ1v) is 10.5. The zero-order chi connectivity index (χ0) is 20.9. The molecule has 28 heavy (non-hydrogen) atoms. The van der Waals surface area contributed by atoms with Crippen molar-refractivity contribution in [2.24, 2.45) is 0 Å². The molecule has 0 aliphatic carbocycles. The fourth-order valence-electron chi connectivity index (χ4n) is 2.30. The minimum atomic E-state index is -3.87. The quantitative estimate of drug-likeness (QED) is 0.413. The molecule has 2 rings (SSSR count). The molecule has 8 heteroatoms. The van der Waals surface area contributed by atoms with E-state index >= 15 is 0 Å². The van der Waals surface area contributed by atoms with Gasteiger partial charge in [-0.05, 0) is 50.6 Å². The van der Waals surface area contributed by atoms with Crippen LogP contribution in [0.15, 0.2) is 48.5 Å². The third-order valence-electron chi connectivity index (χ3n) is 3.63. The van der Waals surface area contributed by atoms with Crippen LogP contribution >= 0.6 is 0 Å². The van der Waals surface area contributed by atoms with E-state index in [0.717, 1.165) is 6.26 Å². The summed E-state index contributed by atoms with van der Waals surface area (Å²) in [5, 5.41) is 13.5. The van der Waals surface area contributed by atoms with Gasteiger partial charge in [0.25, 0.3) is 0 Å². The maximum absolute atomic E-state index is 12.3. The summed E-state index contributed by atoms with van der Waals surface area (Å²) in [7, 11) is -3.87. The summed E-state index contributed by atoms with van der Waals surface area (Å²) in [6, 6.07) is 12.6. The fraction of sp³-hybridized carbons (Fsp3) is 0.350. The Kier molecular flexibility index (Phi) is 6.82. The number of benzene rings is 2. The number of rotatable bonds is 7. The molecule has 0 saturated heterocycles. The molecule has 0 aliphatic heterocycles. The molecule has 0 aliphatic rings. The van der Waals surface area contributed by atoms with Crippen molar-refractivity contribution in [1.29, 1.82) is 0 Å². The minimum absolute atomic E-state index is 0.0565. The largest absolute Gasteiger partial charge is 0.419 e. The minimum Gasteiger partial charge on any atom is -0.419 e. The van der Waals surface area contributed by atoms with Crippen LogP contribution in [-0.2, 0) is 10.1 Å². The zero-order valence-corrected chi connectivity index (χ0v) is 17.1. The lowest BCUT2D eigenvalue weighted by Gasteiger charge is -2.23. The van der Waals surface area contributed by atoms with Gasteiger partial charge in [-0.25, -0.2) is 4.79 Å². The van der Waals surface area contributed by atoms with Gasteiger partial charge >= 0.3 is 16.1 Å². The molecule has 0 amide bonds. The van der Waals surface area contributed by atoms with E-state index < -0.39 is 22.2 Å². The predicted octanol–water partition coefficient (Wildman–Crippen LogP) is 2.67. The van der Waals surface area contributed by atoms with Crippen LogP contribution in [0.1, 0.15) is 42.8 Å². The van der Waals surface area contributed by atoms with Gasteiger partial charge in [-0.1, -0.05) is 24.3 Å². The van der Waals surface area contributed by atoms with E-state index in [1.807, 2.05) is 20.8 Å². The molecule has 2 aromatic rings. The highest BCUT2D eigenvalue weighted by Crippen LogP contribution is 2.32. The molecule has 152 valence electrons. The summed E-state index contributed by atoms with van der Waals surface area (Å²) in [6.45, 7) is 6.14. The second kappa shape index (κ2) is 8.72. The number of β-amino-alcohol motifs (C(OH)–C–C–N with tert-alkyl or cyclic N) is 1. The third kappa shape index (κ3) is 6.95. The summed E-state index contributed by atoms with van der Waals surface area (Å²) in [5.41, 5.74) is 0.541. The lowest BCUT2D eigenvalue weighted by atomic mass is 10.1. The van der Waals surface area contributed by atoms with Crippen LogP contribution in [-0.4, -0.2) is 37.8 Å². The monoisotopic (exact) mass is 407 g/mol. The molecular weight excluding hydrogens is 382 g/mol. The number of hydrogen-bond donors (Lipinski definition) is 2. The van der Waals surface area contributed by atoms with Gasteiger partial charge < -0.3 is 19.3 Å². The Labute approximate surface area is 165 Å². The van der Waals surface area contributed by atoms with Gasteiger partial charge in [0.05, 0.1) is 17.9 Å². The van der Waals surface area contributed by atoms with Crippen molar-refractivity contribution in [3.63, 3.8) is 0 Å². The van der Waals surface area contributed by atoms with Crippen LogP contribution in [0.2, 0.25) is 0 Å². The molecule has 0 saturated carbocycles. The lowest BCUT2D eigenvalue weighted by molar-refractivity contribution is 0.0731. The van der Waals surface area contributed by atoms with Crippen LogP contribution in [0.5, 0.6) is 11.5 Å². The Morgan fingerprint density at radius 1 is 1.11 bits per heavy atom. The Bertz CT molecular complexity index is 919. The number of esters is 1. The number of aliphatic hydroxyl groups is 1. The molecule has 2 aromatic carbocycles. The molecule has 0 radical (unpaired) electrons. The molecule has 0 bridgehead atoms. The summed E-state index contributed by atoms with van der Waals surface area (Å²) in [4.78, 5) is 12.3. The number of aliphatic hydroxyl groups excluding tert-OH is 1. The van der Waals surface area contributed by atoms with Gasteiger partial charge in [-0.2, -0.15) is 8.42 Å². The van der Waals surface area contributed by atoms with Crippen LogP contribution in [0, 0.1) is 0 Å². The first-order chi connectivity index (χ1) is 12.9. The second-order valence-electron chi connectivity index (χ2n) is 7.40. The molecule has 7 nitrogen and oxygen atoms in total. The molecule has 0 spiro atoms. The van der Waals surface area contributed by atoms with E-state index in [-0.39, 0.29) is 23.6 Å². The zero-order valence-electron chi connectivity index (χ0n) is 16.3. The first kappa shape index (κ1) is 21.9. The Balaban J connectivity index is 2.28. The Morgan fingerprint density at radius 2 is 1.75 bits per heavy atom. The number of ether oxygens (including phenoxy) is 1. The SMILES string of the molecule is CC(C)(C)NCC(O)c1ccc(OC(=O)c2ccccc2)c(OS(C)(=O)=O)c1. The van der Waals surface area contributed by atoms with E-state index in [4.69, 9.17) is 8.92 Å². The number of nitrogens with one attached hydrogen (secondary N) is 1. The van der Waals surface area contributed by atoms with Crippen molar-refractivity contribution >= 4 is 16.1 Å². The van der Waals surface area contributed by atoms with Crippen molar-refractivity contribution in [3.05, 3.63) is 59.7 Å². The lowest BCUT2D eigenvalue weighted by Crippen LogP contribution is -2.38. The fourth-order valence-corrected chi connectivity index (χ4v) is 2.75.